The van der Waals surface area contributed by atoms with Crippen molar-refractivity contribution in [1.82, 2.24) is 14.5 Å². The monoisotopic (exact) mass is 330 g/mol. The van der Waals surface area contributed by atoms with E-state index in [-0.39, 0.29) is 5.95 Å². The predicted octanol–water partition coefficient (Wildman–Crippen LogP) is 3.62. The summed E-state index contributed by atoms with van der Waals surface area (Å²) in [4.78, 5) is 8.21. The van der Waals surface area contributed by atoms with Gasteiger partial charge in [-0.05, 0) is 35.9 Å². The van der Waals surface area contributed by atoms with Gasteiger partial charge in [-0.15, -0.1) is 0 Å². The molecule has 0 unspecified atom stereocenters. The van der Waals surface area contributed by atoms with E-state index in [1.165, 1.54) is 5.56 Å². The van der Waals surface area contributed by atoms with Crippen molar-refractivity contribution in [3.8, 4) is 11.6 Å². The summed E-state index contributed by atoms with van der Waals surface area (Å²) < 4.78 is 7.88. The van der Waals surface area contributed by atoms with Gasteiger partial charge in [0.25, 0.3) is 0 Å². The fourth-order valence-electron chi connectivity index (χ4n) is 2.84. The highest BCUT2D eigenvalue weighted by molar-refractivity contribution is 5.83. The van der Waals surface area contributed by atoms with Gasteiger partial charge in [0.1, 0.15) is 11.6 Å². The Bertz CT molecular complexity index is 995. The number of nitrogens with zero attached hydrogens (tertiary/aromatic N) is 3. The second-order valence-electron chi connectivity index (χ2n) is 5.76. The van der Waals surface area contributed by atoms with Gasteiger partial charge in [0, 0.05) is 24.2 Å². The molecule has 4 aromatic rings. The third kappa shape index (κ3) is 3.30. The van der Waals surface area contributed by atoms with Crippen molar-refractivity contribution in [2.45, 2.75) is 6.42 Å². The lowest BCUT2D eigenvalue weighted by Gasteiger charge is -2.08. The third-order valence-corrected chi connectivity index (χ3v) is 4.07. The number of hydrogen-bond donors (Lipinski definition) is 1. The quantitative estimate of drug-likeness (QED) is 0.607. The Morgan fingerprint density at radius 3 is 2.72 bits per heavy atom. The number of benzene rings is 2. The van der Waals surface area contributed by atoms with Gasteiger partial charge in [0.2, 0.25) is 5.95 Å². The van der Waals surface area contributed by atoms with Crippen molar-refractivity contribution >= 4 is 16.9 Å². The maximum atomic E-state index is 5.90. The van der Waals surface area contributed by atoms with Gasteiger partial charge in [0.05, 0.1) is 12.1 Å². The lowest BCUT2D eigenvalue weighted by molar-refractivity contribution is 0.322. The molecule has 25 heavy (non-hydrogen) atoms. The molecule has 0 aliphatic heterocycles. The van der Waals surface area contributed by atoms with Gasteiger partial charge < -0.3 is 15.0 Å². The first-order valence-corrected chi connectivity index (χ1v) is 8.16. The first-order chi connectivity index (χ1) is 12.3. The number of anilines is 1. The van der Waals surface area contributed by atoms with Crippen LogP contribution >= 0.6 is 0 Å². The summed E-state index contributed by atoms with van der Waals surface area (Å²) in [6, 6.07) is 20.3. The number of fused-ring (bicyclic) bond motifs is 1. The fourth-order valence-corrected chi connectivity index (χ4v) is 2.84. The van der Waals surface area contributed by atoms with Crippen LogP contribution in [0.1, 0.15) is 5.56 Å². The molecule has 0 atom stereocenters. The van der Waals surface area contributed by atoms with Gasteiger partial charge in [-0.2, -0.15) is 4.98 Å². The zero-order valence-electron chi connectivity index (χ0n) is 13.7. The highest BCUT2D eigenvalue weighted by Gasteiger charge is 2.06. The van der Waals surface area contributed by atoms with E-state index >= 15 is 0 Å². The average molecular weight is 330 g/mol. The van der Waals surface area contributed by atoms with E-state index in [4.69, 9.17) is 10.5 Å². The zero-order valence-corrected chi connectivity index (χ0v) is 13.7. The van der Waals surface area contributed by atoms with E-state index in [0.717, 1.165) is 28.9 Å². The summed E-state index contributed by atoms with van der Waals surface area (Å²) in [6.07, 6.45) is 4.52. The molecule has 0 amide bonds. The fraction of sp³-hybridized carbons (Fsp3) is 0.100. The van der Waals surface area contributed by atoms with E-state index in [2.05, 4.69) is 22.1 Å². The van der Waals surface area contributed by atoms with Crippen molar-refractivity contribution < 1.29 is 4.74 Å². The first kappa shape index (κ1) is 15.2. The zero-order chi connectivity index (χ0) is 17.1. The van der Waals surface area contributed by atoms with Crippen molar-refractivity contribution in [3.05, 3.63) is 78.6 Å². The van der Waals surface area contributed by atoms with Crippen LogP contribution in [0.25, 0.3) is 16.7 Å². The summed E-state index contributed by atoms with van der Waals surface area (Å²) in [5, 5.41) is 1.09. The van der Waals surface area contributed by atoms with Gasteiger partial charge in [-0.1, -0.05) is 30.3 Å². The molecule has 0 saturated heterocycles. The molecular weight excluding hydrogens is 312 g/mol. The standard InChI is InChI=1S/C20H18N4O/c21-20-22-11-8-19(23-20)24-12-9-16-14-17(6-7-18(16)24)25-13-10-15-4-2-1-3-5-15/h1-9,11-12,14H,10,13H2,(H2,21,22,23). The predicted molar refractivity (Wildman–Crippen MR) is 98.9 cm³/mol. The molecule has 2 aromatic carbocycles. The van der Waals surface area contributed by atoms with Crippen LogP contribution < -0.4 is 10.5 Å². The minimum absolute atomic E-state index is 0.264. The lowest BCUT2D eigenvalue weighted by Crippen LogP contribution is -2.02. The minimum Gasteiger partial charge on any atom is -0.493 e. The summed E-state index contributed by atoms with van der Waals surface area (Å²) >= 11 is 0. The van der Waals surface area contributed by atoms with E-state index in [9.17, 15) is 0 Å². The Kier molecular flexibility index (Phi) is 4.04. The molecule has 5 heteroatoms. The Morgan fingerprint density at radius 2 is 1.88 bits per heavy atom. The normalized spacial score (nSPS) is 10.9. The van der Waals surface area contributed by atoms with E-state index in [0.29, 0.717) is 6.61 Å². The van der Waals surface area contributed by atoms with Crippen LogP contribution in [0.2, 0.25) is 0 Å². The lowest BCUT2D eigenvalue weighted by atomic mass is 10.2. The summed E-state index contributed by atoms with van der Waals surface area (Å²) in [7, 11) is 0. The SMILES string of the molecule is Nc1nccc(-n2ccc3cc(OCCc4ccccc4)ccc32)n1. The Balaban J connectivity index is 1.51. The second-order valence-corrected chi connectivity index (χ2v) is 5.76. The number of hydrogen-bond acceptors (Lipinski definition) is 4. The highest BCUT2D eigenvalue weighted by Crippen LogP contribution is 2.24. The van der Waals surface area contributed by atoms with Crippen molar-refractivity contribution in [3.63, 3.8) is 0 Å². The smallest absolute Gasteiger partial charge is 0.221 e. The first-order valence-electron chi connectivity index (χ1n) is 8.16. The topological polar surface area (TPSA) is 66.0 Å². The Labute approximate surface area is 145 Å². The molecule has 0 saturated carbocycles. The molecule has 0 radical (unpaired) electrons. The molecule has 0 spiro atoms. The van der Waals surface area contributed by atoms with Crippen LogP contribution in [0.4, 0.5) is 5.95 Å². The number of rotatable bonds is 5. The van der Waals surface area contributed by atoms with Crippen LogP contribution in [0.5, 0.6) is 5.75 Å². The second kappa shape index (κ2) is 6.65. The summed E-state index contributed by atoms with van der Waals surface area (Å²) in [5.74, 6) is 1.88. The van der Waals surface area contributed by atoms with Crippen molar-refractivity contribution in [2.75, 3.05) is 12.3 Å². The van der Waals surface area contributed by atoms with Gasteiger partial charge in [-0.25, -0.2) is 4.98 Å². The highest BCUT2D eigenvalue weighted by atomic mass is 16.5. The van der Waals surface area contributed by atoms with Gasteiger partial charge >= 0.3 is 0 Å². The molecule has 0 aliphatic rings. The van der Waals surface area contributed by atoms with Gasteiger partial charge in [0.15, 0.2) is 0 Å². The molecule has 0 aliphatic carbocycles. The molecule has 2 N–H and O–H groups in total. The van der Waals surface area contributed by atoms with Crippen LogP contribution in [0.15, 0.2) is 73.1 Å². The molecule has 2 heterocycles. The molecule has 5 nitrogen and oxygen atoms in total. The number of aromatic nitrogens is 3. The largest absolute Gasteiger partial charge is 0.493 e. The molecule has 124 valence electrons. The number of nitrogen functional groups attached to an aromatic ring is 1. The van der Waals surface area contributed by atoms with Crippen molar-refractivity contribution in [1.29, 1.82) is 0 Å². The van der Waals surface area contributed by atoms with E-state index in [1.807, 2.05) is 59.3 Å². The van der Waals surface area contributed by atoms with Crippen LogP contribution in [0, 0.1) is 0 Å². The maximum absolute atomic E-state index is 5.90. The van der Waals surface area contributed by atoms with Crippen LogP contribution in [0.3, 0.4) is 0 Å². The Morgan fingerprint density at radius 1 is 1.00 bits per heavy atom. The minimum atomic E-state index is 0.264. The van der Waals surface area contributed by atoms with Crippen molar-refractivity contribution in [2.24, 2.45) is 0 Å². The summed E-state index contributed by atoms with van der Waals surface area (Å²) in [6.45, 7) is 0.651. The van der Waals surface area contributed by atoms with E-state index in [1.54, 1.807) is 6.20 Å². The summed E-state index contributed by atoms with van der Waals surface area (Å²) in [5.41, 5.74) is 8.00. The molecule has 0 bridgehead atoms. The number of ether oxygens (including phenoxy) is 1. The molecule has 0 fully saturated rings. The van der Waals surface area contributed by atoms with Gasteiger partial charge in [-0.3, -0.25) is 0 Å². The Hall–Kier alpha value is -3.34. The average Bonchev–Trinajstić information content (AvgIpc) is 3.06. The van der Waals surface area contributed by atoms with E-state index < -0.39 is 0 Å². The third-order valence-electron chi connectivity index (χ3n) is 4.07. The molecule has 4 rings (SSSR count). The molecular formula is C20H18N4O. The van der Waals surface area contributed by atoms with Crippen LogP contribution in [-0.2, 0) is 6.42 Å². The number of nitrogens with two attached hydrogens (primary N) is 1. The maximum Gasteiger partial charge on any atom is 0.221 e. The van der Waals surface area contributed by atoms with Crippen LogP contribution in [-0.4, -0.2) is 21.1 Å². The molecule has 2 aromatic heterocycles.